The standard InChI is InChI=1S/C17H27N3O/c1-5-18-16(20-14-8-9-14)19-12-17(2,3)13-6-10-15(21-4)11-7-13/h6-7,10-11,14H,5,8-9,12H2,1-4H3,(H2,18,19,20). The Bertz CT molecular complexity index is 475. The van der Waals surface area contributed by atoms with Crippen LogP contribution in [0.2, 0.25) is 0 Å². The number of ether oxygens (including phenoxy) is 1. The topological polar surface area (TPSA) is 45.7 Å². The summed E-state index contributed by atoms with van der Waals surface area (Å²) in [4.78, 5) is 4.75. The Morgan fingerprint density at radius 1 is 1.29 bits per heavy atom. The fraction of sp³-hybridized carbons (Fsp3) is 0.588. The molecule has 1 aliphatic rings. The Labute approximate surface area is 128 Å². The van der Waals surface area contributed by atoms with Gasteiger partial charge in [-0.1, -0.05) is 26.0 Å². The van der Waals surface area contributed by atoms with E-state index in [1.807, 2.05) is 12.1 Å². The fourth-order valence-electron chi connectivity index (χ4n) is 2.15. The number of rotatable bonds is 6. The van der Waals surface area contributed by atoms with E-state index in [4.69, 9.17) is 9.73 Å². The number of nitrogens with zero attached hydrogens (tertiary/aromatic N) is 1. The minimum absolute atomic E-state index is 0.00181. The van der Waals surface area contributed by atoms with Crippen LogP contribution in [0.25, 0.3) is 0 Å². The molecule has 0 saturated heterocycles. The van der Waals surface area contributed by atoms with Crippen molar-refractivity contribution in [1.29, 1.82) is 0 Å². The summed E-state index contributed by atoms with van der Waals surface area (Å²) in [6, 6.07) is 8.88. The van der Waals surface area contributed by atoms with Gasteiger partial charge >= 0.3 is 0 Å². The molecule has 2 rings (SSSR count). The van der Waals surface area contributed by atoms with Crippen LogP contribution in [0.3, 0.4) is 0 Å². The van der Waals surface area contributed by atoms with Gasteiger partial charge in [-0.25, -0.2) is 0 Å². The third-order valence-electron chi connectivity index (χ3n) is 3.77. The van der Waals surface area contributed by atoms with Gasteiger partial charge < -0.3 is 15.4 Å². The molecule has 0 aromatic heterocycles. The summed E-state index contributed by atoms with van der Waals surface area (Å²) in [5, 5.41) is 6.77. The first-order valence-electron chi connectivity index (χ1n) is 7.74. The van der Waals surface area contributed by atoms with Gasteiger partial charge in [-0.15, -0.1) is 0 Å². The highest BCUT2D eigenvalue weighted by molar-refractivity contribution is 5.80. The normalized spacial score (nSPS) is 15.7. The molecule has 1 aliphatic carbocycles. The van der Waals surface area contributed by atoms with Gasteiger partial charge in [0.25, 0.3) is 0 Å². The average molecular weight is 289 g/mol. The fourth-order valence-corrected chi connectivity index (χ4v) is 2.15. The Morgan fingerprint density at radius 2 is 1.95 bits per heavy atom. The molecule has 0 unspecified atom stereocenters. The van der Waals surface area contributed by atoms with Gasteiger partial charge in [-0.05, 0) is 37.5 Å². The van der Waals surface area contributed by atoms with Crippen molar-refractivity contribution in [3.8, 4) is 5.75 Å². The largest absolute Gasteiger partial charge is 0.497 e. The number of nitrogens with one attached hydrogen (secondary N) is 2. The first-order valence-corrected chi connectivity index (χ1v) is 7.74. The van der Waals surface area contributed by atoms with Crippen molar-refractivity contribution in [2.75, 3.05) is 20.2 Å². The monoisotopic (exact) mass is 289 g/mol. The summed E-state index contributed by atoms with van der Waals surface area (Å²) in [6.45, 7) is 8.18. The lowest BCUT2D eigenvalue weighted by Gasteiger charge is -2.24. The third-order valence-corrected chi connectivity index (χ3v) is 3.77. The van der Waals surface area contributed by atoms with Crippen LogP contribution in [0.15, 0.2) is 29.3 Å². The van der Waals surface area contributed by atoms with Crippen LogP contribution < -0.4 is 15.4 Å². The smallest absolute Gasteiger partial charge is 0.191 e. The molecule has 0 radical (unpaired) electrons. The van der Waals surface area contributed by atoms with Gasteiger partial charge in [0.2, 0.25) is 0 Å². The first-order chi connectivity index (χ1) is 10.0. The van der Waals surface area contributed by atoms with Crippen LogP contribution >= 0.6 is 0 Å². The summed E-state index contributed by atoms with van der Waals surface area (Å²) in [5.74, 6) is 1.82. The molecule has 1 aromatic carbocycles. The zero-order chi connectivity index (χ0) is 15.3. The molecule has 0 bridgehead atoms. The Balaban J connectivity index is 2.02. The van der Waals surface area contributed by atoms with Crippen molar-refractivity contribution in [3.63, 3.8) is 0 Å². The molecule has 2 N–H and O–H groups in total. The van der Waals surface area contributed by atoms with Crippen molar-refractivity contribution in [1.82, 2.24) is 10.6 Å². The van der Waals surface area contributed by atoms with Gasteiger partial charge in [-0.3, -0.25) is 4.99 Å². The number of methoxy groups -OCH3 is 1. The summed E-state index contributed by atoms with van der Waals surface area (Å²) in [6.07, 6.45) is 2.51. The lowest BCUT2D eigenvalue weighted by molar-refractivity contribution is 0.414. The van der Waals surface area contributed by atoms with E-state index in [1.54, 1.807) is 7.11 Å². The van der Waals surface area contributed by atoms with Crippen molar-refractivity contribution >= 4 is 5.96 Å². The number of hydrogen-bond acceptors (Lipinski definition) is 2. The number of aliphatic imine (C=N–C) groups is 1. The second-order valence-electron chi connectivity index (χ2n) is 6.23. The number of benzene rings is 1. The van der Waals surface area contributed by atoms with Crippen molar-refractivity contribution in [2.45, 2.75) is 45.1 Å². The maximum atomic E-state index is 5.22. The van der Waals surface area contributed by atoms with E-state index in [9.17, 15) is 0 Å². The second kappa shape index (κ2) is 6.83. The molecular weight excluding hydrogens is 262 g/mol. The predicted molar refractivity (Wildman–Crippen MR) is 88.2 cm³/mol. The Morgan fingerprint density at radius 3 is 2.48 bits per heavy atom. The van der Waals surface area contributed by atoms with Crippen molar-refractivity contribution < 1.29 is 4.74 Å². The zero-order valence-electron chi connectivity index (χ0n) is 13.6. The molecule has 1 saturated carbocycles. The average Bonchev–Trinajstić information content (AvgIpc) is 3.29. The lowest BCUT2D eigenvalue weighted by atomic mass is 9.85. The van der Waals surface area contributed by atoms with Crippen molar-refractivity contribution in [3.05, 3.63) is 29.8 Å². The molecular formula is C17H27N3O. The lowest BCUT2D eigenvalue weighted by Crippen LogP contribution is -2.39. The molecule has 4 nitrogen and oxygen atoms in total. The quantitative estimate of drug-likeness (QED) is 0.625. The van der Waals surface area contributed by atoms with Gasteiger partial charge in [0, 0.05) is 18.0 Å². The molecule has 0 heterocycles. The van der Waals surface area contributed by atoms with Crippen molar-refractivity contribution in [2.24, 2.45) is 4.99 Å². The maximum absolute atomic E-state index is 5.22. The highest BCUT2D eigenvalue weighted by Crippen LogP contribution is 2.25. The molecule has 1 fully saturated rings. The molecule has 116 valence electrons. The molecule has 21 heavy (non-hydrogen) atoms. The van der Waals surface area contributed by atoms with E-state index in [1.165, 1.54) is 18.4 Å². The van der Waals surface area contributed by atoms with Gasteiger partial charge in [-0.2, -0.15) is 0 Å². The summed E-state index contributed by atoms with van der Waals surface area (Å²) >= 11 is 0. The third kappa shape index (κ3) is 4.66. The van der Waals surface area contributed by atoms with Gasteiger partial charge in [0.1, 0.15) is 5.75 Å². The van der Waals surface area contributed by atoms with E-state index in [-0.39, 0.29) is 5.41 Å². The maximum Gasteiger partial charge on any atom is 0.191 e. The van der Waals surface area contributed by atoms with Gasteiger partial charge in [0.05, 0.1) is 13.7 Å². The van der Waals surface area contributed by atoms with E-state index in [0.717, 1.165) is 24.8 Å². The van der Waals surface area contributed by atoms with Gasteiger partial charge in [0.15, 0.2) is 5.96 Å². The van der Waals surface area contributed by atoms with Crippen LogP contribution in [0.5, 0.6) is 5.75 Å². The van der Waals surface area contributed by atoms with Crippen LogP contribution in [0, 0.1) is 0 Å². The van der Waals surface area contributed by atoms with Crippen LogP contribution in [-0.4, -0.2) is 32.2 Å². The van der Waals surface area contributed by atoms with Crippen LogP contribution in [0.1, 0.15) is 39.2 Å². The molecule has 1 aromatic rings. The predicted octanol–water partition coefficient (Wildman–Crippen LogP) is 2.69. The molecule has 4 heteroatoms. The first kappa shape index (κ1) is 15.7. The SMILES string of the molecule is CCNC(=NCC(C)(C)c1ccc(OC)cc1)NC1CC1. The second-order valence-corrected chi connectivity index (χ2v) is 6.23. The minimum atomic E-state index is -0.00181. The Kier molecular flexibility index (Phi) is 5.10. The molecule has 0 aliphatic heterocycles. The van der Waals surface area contributed by atoms with E-state index in [0.29, 0.717) is 6.04 Å². The summed E-state index contributed by atoms with van der Waals surface area (Å²) in [7, 11) is 1.69. The van der Waals surface area contributed by atoms with E-state index >= 15 is 0 Å². The summed E-state index contributed by atoms with van der Waals surface area (Å²) in [5.41, 5.74) is 1.27. The highest BCUT2D eigenvalue weighted by Gasteiger charge is 2.24. The van der Waals surface area contributed by atoms with Crippen LogP contribution in [0.4, 0.5) is 0 Å². The highest BCUT2D eigenvalue weighted by atomic mass is 16.5. The molecule has 0 amide bonds. The Hall–Kier alpha value is -1.71. The zero-order valence-corrected chi connectivity index (χ0v) is 13.6. The van der Waals surface area contributed by atoms with Crippen LogP contribution in [-0.2, 0) is 5.41 Å². The minimum Gasteiger partial charge on any atom is -0.497 e. The number of hydrogen-bond donors (Lipinski definition) is 2. The molecule has 0 spiro atoms. The van der Waals surface area contributed by atoms with E-state index < -0.39 is 0 Å². The number of guanidine groups is 1. The molecule has 0 atom stereocenters. The van der Waals surface area contributed by atoms with E-state index in [2.05, 4.69) is 43.5 Å². The summed E-state index contributed by atoms with van der Waals surface area (Å²) < 4.78 is 5.22.